The summed E-state index contributed by atoms with van der Waals surface area (Å²) in [5, 5.41) is 1.56. The highest BCUT2D eigenvalue weighted by atomic mass is 35.5. The molecular formula is C21H20ClF4N3O5S. The highest BCUT2D eigenvalue weighted by molar-refractivity contribution is 8.00. The summed E-state index contributed by atoms with van der Waals surface area (Å²) in [7, 11) is 0.796. The van der Waals surface area contributed by atoms with Crippen LogP contribution in [0.15, 0.2) is 44.8 Å². The van der Waals surface area contributed by atoms with E-state index in [9.17, 15) is 36.7 Å². The molecule has 8 nitrogen and oxygen atoms in total. The van der Waals surface area contributed by atoms with E-state index < -0.39 is 51.8 Å². The van der Waals surface area contributed by atoms with E-state index in [1.807, 2.05) is 0 Å². The van der Waals surface area contributed by atoms with Crippen LogP contribution in [0.1, 0.15) is 19.5 Å². The fourth-order valence-electron chi connectivity index (χ4n) is 2.73. The van der Waals surface area contributed by atoms with E-state index in [4.69, 9.17) is 16.3 Å². The Balaban J connectivity index is 2.29. The number of alkyl halides is 3. The van der Waals surface area contributed by atoms with Gasteiger partial charge in [-0.25, -0.2) is 18.5 Å². The van der Waals surface area contributed by atoms with Crippen LogP contribution in [0.5, 0.6) is 0 Å². The molecule has 1 N–H and O–H groups in total. The van der Waals surface area contributed by atoms with Crippen LogP contribution in [0.25, 0.3) is 5.69 Å². The number of ether oxygens (including phenoxy) is 1. The largest absolute Gasteiger partial charge is 0.460 e. The highest BCUT2D eigenvalue weighted by Gasteiger charge is 2.35. The summed E-state index contributed by atoms with van der Waals surface area (Å²) in [4.78, 5) is 48.5. The molecular weight excluding hydrogens is 518 g/mol. The molecule has 2 rings (SSSR count). The number of carbonyl (C=O) groups excluding carboxylic acids is 2. The second-order valence-corrected chi connectivity index (χ2v) is 9.03. The lowest BCUT2D eigenvalue weighted by molar-refractivity contribution is -0.144. The van der Waals surface area contributed by atoms with E-state index in [0.717, 1.165) is 30.9 Å². The van der Waals surface area contributed by atoms with Gasteiger partial charge in [0.2, 0.25) is 5.91 Å². The second kappa shape index (κ2) is 11.1. The van der Waals surface area contributed by atoms with Gasteiger partial charge in [0.25, 0.3) is 5.56 Å². The first-order chi connectivity index (χ1) is 16.1. The van der Waals surface area contributed by atoms with E-state index in [1.54, 1.807) is 0 Å². The van der Waals surface area contributed by atoms with Crippen LogP contribution in [0.3, 0.4) is 0 Å². The van der Waals surface area contributed by atoms with Crippen molar-refractivity contribution in [1.82, 2.24) is 14.5 Å². The minimum atomic E-state index is -4.97. The quantitative estimate of drug-likeness (QED) is 0.183. The lowest BCUT2D eigenvalue weighted by Crippen LogP contribution is -2.41. The molecule has 0 aliphatic heterocycles. The Kier molecular flexibility index (Phi) is 8.95. The van der Waals surface area contributed by atoms with Crippen molar-refractivity contribution < 1.29 is 31.9 Å². The number of thioether (sulfide) groups is 1. The smallest absolute Gasteiger partial charge is 0.431 e. The van der Waals surface area contributed by atoms with Gasteiger partial charge in [-0.05, 0) is 26.0 Å². The van der Waals surface area contributed by atoms with Gasteiger partial charge in [0.1, 0.15) is 18.1 Å². The first-order valence-corrected chi connectivity index (χ1v) is 11.1. The molecule has 0 aliphatic carbocycles. The molecule has 1 unspecified atom stereocenters. The molecule has 1 aromatic heterocycles. The molecule has 0 saturated heterocycles. The molecule has 1 atom stereocenters. The Morgan fingerprint density at radius 3 is 2.46 bits per heavy atom. The Morgan fingerprint density at radius 2 is 1.89 bits per heavy atom. The zero-order valence-electron chi connectivity index (χ0n) is 18.7. The van der Waals surface area contributed by atoms with Gasteiger partial charge in [-0.3, -0.25) is 14.2 Å². The highest BCUT2D eigenvalue weighted by Crippen LogP contribution is 2.33. The van der Waals surface area contributed by atoms with Crippen molar-refractivity contribution in [3.05, 3.63) is 67.7 Å². The minimum Gasteiger partial charge on any atom is -0.460 e. The van der Waals surface area contributed by atoms with E-state index in [0.29, 0.717) is 0 Å². The molecule has 0 spiro atoms. The summed E-state index contributed by atoms with van der Waals surface area (Å²) < 4.78 is 59.1. The van der Waals surface area contributed by atoms with Crippen LogP contribution < -0.4 is 16.6 Å². The summed E-state index contributed by atoms with van der Waals surface area (Å²) in [5.41, 5.74) is -4.74. The maximum Gasteiger partial charge on any atom is 0.431 e. The molecule has 190 valence electrons. The van der Waals surface area contributed by atoms with Crippen molar-refractivity contribution in [2.45, 2.75) is 30.2 Å². The predicted molar refractivity (Wildman–Crippen MR) is 121 cm³/mol. The fourth-order valence-corrected chi connectivity index (χ4v) is 3.93. The van der Waals surface area contributed by atoms with Crippen LogP contribution in [0.4, 0.5) is 17.6 Å². The first kappa shape index (κ1) is 28.2. The number of esters is 1. The summed E-state index contributed by atoms with van der Waals surface area (Å²) >= 11 is 6.90. The van der Waals surface area contributed by atoms with E-state index >= 15 is 0 Å². The molecule has 14 heteroatoms. The van der Waals surface area contributed by atoms with Gasteiger partial charge in [-0.2, -0.15) is 13.2 Å². The lowest BCUT2D eigenvalue weighted by Gasteiger charge is -2.16. The van der Waals surface area contributed by atoms with Crippen molar-refractivity contribution in [3.8, 4) is 5.69 Å². The van der Waals surface area contributed by atoms with E-state index in [2.05, 4.69) is 11.9 Å². The summed E-state index contributed by atoms with van der Waals surface area (Å²) in [6.45, 7) is 6.28. The molecule has 1 aromatic carbocycles. The SMILES string of the molecule is C=C(C)C(=O)OCCNC(=O)C(C)Sc1cc(-n2c(=O)cc(C(F)(F)F)n(C)c2=O)c(F)cc1Cl. The van der Waals surface area contributed by atoms with Crippen molar-refractivity contribution in [1.29, 1.82) is 0 Å². The second-order valence-electron chi connectivity index (χ2n) is 7.24. The monoisotopic (exact) mass is 537 g/mol. The molecule has 0 aliphatic rings. The van der Waals surface area contributed by atoms with Gasteiger partial charge in [0, 0.05) is 23.6 Å². The van der Waals surface area contributed by atoms with Crippen LogP contribution in [0, 0.1) is 5.82 Å². The molecule has 0 fully saturated rings. The Hall–Kier alpha value is -3.06. The van der Waals surface area contributed by atoms with Crippen LogP contribution >= 0.6 is 23.4 Å². The molecule has 1 heterocycles. The standard InChI is InChI=1S/C21H20ClF4N3O5S/c1-10(2)19(32)34-6-5-27-18(31)11(3)35-15-8-14(13(23)7-12(15)22)29-17(30)9-16(21(24,25)26)28(4)20(29)33/h7-9,11H,1,5-6H2,2-4H3,(H,27,31). The van der Waals surface area contributed by atoms with Crippen LogP contribution in [-0.2, 0) is 27.5 Å². The number of hydrogen-bond donors (Lipinski definition) is 1. The van der Waals surface area contributed by atoms with Crippen molar-refractivity contribution in [2.75, 3.05) is 13.2 Å². The molecule has 35 heavy (non-hydrogen) atoms. The third kappa shape index (κ3) is 6.75. The number of rotatable bonds is 8. The normalized spacial score (nSPS) is 12.2. The van der Waals surface area contributed by atoms with Gasteiger partial charge in [-0.1, -0.05) is 18.2 Å². The van der Waals surface area contributed by atoms with Crippen molar-refractivity contribution >= 4 is 35.2 Å². The van der Waals surface area contributed by atoms with Gasteiger partial charge in [0.05, 0.1) is 22.5 Å². The van der Waals surface area contributed by atoms with Gasteiger partial charge >= 0.3 is 17.8 Å². The number of hydrogen-bond acceptors (Lipinski definition) is 6. The average Bonchev–Trinajstić information content (AvgIpc) is 2.75. The number of benzene rings is 1. The molecule has 0 bridgehead atoms. The summed E-state index contributed by atoms with van der Waals surface area (Å²) in [5.74, 6) is -2.24. The number of carbonyl (C=O) groups is 2. The zero-order chi connectivity index (χ0) is 26.7. The third-order valence-corrected chi connectivity index (χ3v) is 6.09. The maximum absolute atomic E-state index is 14.6. The third-order valence-electron chi connectivity index (χ3n) is 4.51. The van der Waals surface area contributed by atoms with Crippen LogP contribution in [-0.4, -0.2) is 39.4 Å². The fraction of sp³-hybridized carbons (Fsp3) is 0.333. The lowest BCUT2D eigenvalue weighted by atomic mass is 10.3. The van der Waals surface area contributed by atoms with Crippen molar-refractivity contribution in [2.24, 2.45) is 7.05 Å². The minimum absolute atomic E-state index is 0.00213. The van der Waals surface area contributed by atoms with E-state index in [-0.39, 0.29) is 43.8 Å². The molecule has 1 amide bonds. The Morgan fingerprint density at radius 1 is 1.26 bits per heavy atom. The molecule has 2 aromatic rings. The van der Waals surface area contributed by atoms with Crippen LogP contribution in [0.2, 0.25) is 5.02 Å². The Labute approximate surface area is 205 Å². The maximum atomic E-state index is 14.6. The number of aromatic nitrogens is 2. The zero-order valence-corrected chi connectivity index (χ0v) is 20.2. The molecule has 0 saturated carbocycles. The molecule has 0 radical (unpaired) electrons. The van der Waals surface area contributed by atoms with Crippen molar-refractivity contribution in [3.63, 3.8) is 0 Å². The topological polar surface area (TPSA) is 99.4 Å². The summed E-state index contributed by atoms with van der Waals surface area (Å²) in [6, 6.07) is 1.96. The Bertz CT molecular complexity index is 1290. The number of halogens is 5. The van der Waals surface area contributed by atoms with Gasteiger partial charge in [-0.15, -0.1) is 11.8 Å². The number of amides is 1. The summed E-state index contributed by atoms with van der Waals surface area (Å²) in [6.07, 6.45) is -4.97. The first-order valence-electron chi connectivity index (χ1n) is 9.81. The predicted octanol–water partition coefficient (Wildman–Crippen LogP) is 3.06. The number of nitrogens with zero attached hydrogens (tertiary/aromatic N) is 2. The van der Waals surface area contributed by atoms with E-state index in [1.165, 1.54) is 13.8 Å². The number of nitrogens with one attached hydrogen (secondary N) is 1. The van der Waals surface area contributed by atoms with Gasteiger partial charge in [0.15, 0.2) is 0 Å². The van der Waals surface area contributed by atoms with Gasteiger partial charge < -0.3 is 10.1 Å². The average molecular weight is 538 g/mol.